The molecule has 0 spiro atoms. The summed E-state index contributed by atoms with van der Waals surface area (Å²) in [6.07, 6.45) is 1.97. The zero-order valence-electron chi connectivity index (χ0n) is 13.3. The molecule has 0 radical (unpaired) electrons. The molecule has 0 aromatic carbocycles. The van der Waals surface area contributed by atoms with Crippen LogP contribution in [0.25, 0.3) is 0 Å². The van der Waals surface area contributed by atoms with Crippen molar-refractivity contribution in [2.45, 2.75) is 65.5 Å². The molecule has 116 valence electrons. The highest BCUT2D eigenvalue weighted by molar-refractivity contribution is 5.76. The Kier molecular flexibility index (Phi) is 5.84. The lowest BCUT2D eigenvalue weighted by Crippen LogP contribution is -2.52. The van der Waals surface area contributed by atoms with Gasteiger partial charge < -0.3 is 14.4 Å². The lowest BCUT2D eigenvalue weighted by atomic mass is 9.88. The molecule has 1 aliphatic rings. The van der Waals surface area contributed by atoms with Crippen LogP contribution in [0, 0.1) is 5.92 Å². The fourth-order valence-corrected chi connectivity index (χ4v) is 2.63. The second kappa shape index (κ2) is 6.95. The number of ether oxygens (including phenoxy) is 2. The maximum atomic E-state index is 12.3. The van der Waals surface area contributed by atoms with Crippen LogP contribution < -0.4 is 0 Å². The number of carbonyl (C=O) groups is 2. The lowest BCUT2D eigenvalue weighted by Gasteiger charge is -2.40. The normalized spacial score (nSPS) is 23.4. The van der Waals surface area contributed by atoms with E-state index in [1.807, 2.05) is 27.7 Å². The van der Waals surface area contributed by atoms with Crippen LogP contribution in [0.3, 0.4) is 0 Å². The highest BCUT2D eigenvalue weighted by atomic mass is 16.6. The number of likely N-dealkylation sites (tertiary alicyclic amines) is 1. The van der Waals surface area contributed by atoms with Gasteiger partial charge in [0.25, 0.3) is 0 Å². The number of esters is 1. The lowest BCUT2D eigenvalue weighted by molar-refractivity contribution is -0.152. The summed E-state index contributed by atoms with van der Waals surface area (Å²) in [5.74, 6) is -0.436. The van der Waals surface area contributed by atoms with Crippen molar-refractivity contribution in [3.8, 4) is 0 Å². The number of amides is 1. The van der Waals surface area contributed by atoms with E-state index in [2.05, 4.69) is 0 Å². The third-order valence-corrected chi connectivity index (χ3v) is 3.41. The Morgan fingerprint density at radius 3 is 2.40 bits per heavy atom. The summed E-state index contributed by atoms with van der Waals surface area (Å²) in [6.45, 7) is 10.3. The molecule has 2 atom stereocenters. The molecule has 0 saturated carbocycles. The average molecular weight is 285 g/mol. The van der Waals surface area contributed by atoms with E-state index in [9.17, 15) is 9.59 Å². The van der Waals surface area contributed by atoms with E-state index in [0.29, 0.717) is 13.2 Å². The fraction of sp³-hybridized carbons (Fsp3) is 0.867. The first-order valence-electron chi connectivity index (χ1n) is 7.46. The predicted octanol–water partition coefficient (Wildman–Crippen LogP) is 2.98. The quantitative estimate of drug-likeness (QED) is 0.748. The van der Waals surface area contributed by atoms with Gasteiger partial charge in [0.2, 0.25) is 0 Å². The predicted molar refractivity (Wildman–Crippen MR) is 76.4 cm³/mol. The summed E-state index contributed by atoms with van der Waals surface area (Å²) in [6, 6.07) is -0.127. The van der Waals surface area contributed by atoms with Crippen LogP contribution in [0.5, 0.6) is 0 Å². The highest BCUT2D eigenvalue weighted by Gasteiger charge is 2.39. The molecule has 1 fully saturated rings. The van der Waals surface area contributed by atoms with Crippen LogP contribution in [0.4, 0.5) is 4.79 Å². The topological polar surface area (TPSA) is 55.8 Å². The zero-order chi connectivity index (χ0) is 15.3. The van der Waals surface area contributed by atoms with E-state index in [-0.39, 0.29) is 24.0 Å². The third-order valence-electron chi connectivity index (χ3n) is 3.41. The second-order valence-electron chi connectivity index (χ2n) is 6.15. The van der Waals surface area contributed by atoms with Gasteiger partial charge in [-0.25, -0.2) is 4.79 Å². The van der Waals surface area contributed by atoms with Gasteiger partial charge in [0, 0.05) is 12.6 Å². The van der Waals surface area contributed by atoms with E-state index in [4.69, 9.17) is 9.47 Å². The van der Waals surface area contributed by atoms with Crippen molar-refractivity contribution in [1.29, 1.82) is 0 Å². The molecular weight excluding hydrogens is 258 g/mol. The fourth-order valence-electron chi connectivity index (χ4n) is 2.63. The first-order chi connectivity index (χ1) is 9.30. The standard InChI is InChI=1S/C15H27NO4/c1-6-12-11(13(17)19-7-2)9-8-10-16(12)14(18)20-15(3,4)5/h11-12H,6-10H2,1-5H3. The Morgan fingerprint density at radius 1 is 1.25 bits per heavy atom. The monoisotopic (exact) mass is 285 g/mol. The van der Waals surface area contributed by atoms with Crippen LogP contribution in [0.2, 0.25) is 0 Å². The smallest absolute Gasteiger partial charge is 0.410 e. The molecule has 0 aromatic heterocycles. The minimum Gasteiger partial charge on any atom is -0.466 e. The SMILES string of the molecule is CCOC(=O)C1CCCN(C(=O)OC(C)(C)C)C1CC. The first kappa shape index (κ1) is 16.8. The second-order valence-corrected chi connectivity index (χ2v) is 6.15. The van der Waals surface area contributed by atoms with Crippen molar-refractivity contribution < 1.29 is 19.1 Å². The molecule has 2 unspecified atom stereocenters. The number of nitrogens with zero attached hydrogens (tertiary/aromatic N) is 1. The van der Waals surface area contributed by atoms with E-state index in [1.165, 1.54) is 0 Å². The van der Waals surface area contributed by atoms with Gasteiger partial charge in [-0.1, -0.05) is 6.92 Å². The molecule has 1 aliphatic heterocycles. The van der Waals surface area contributed by atoms with Crippen molar-refractivity contribution in [3.63, 3.8) is 0 Å². The van der Waals surface area contributed by atoms with Gasteiger partial charge in [-0.05, 0) is 47.0 Å². The summed E-state index contributed by atoms with van der Waals surface area (Å²) >= 11 is 0. The summed E-state index contributed by atoms with van der Waals surface area (Å²) < 4.78 is 10.6. The molecule has 20 heavy (non-hydrogen) atoms. The van der Waals surface area contributed by atoms with Gasteiger partial charge >= 0.3 is 12.1 Å². The number of hydrogen-bond donors (Lipinski definition) is 0. The molecule has 0 bridgehead atoms. The molecule has 5 heteroatoms. The average Bonchev–Trinajstić information content (AvgIpc) is 2.35. The van der Waals surface area contributed by atoms with Crippen LogP contribution >= 0.6 is 0 Å². The number of carbonyl (C=O) groups excluding carboxylic acids is 2. The molecule has 1 rings (SSSR count). The van der Waals surface area contributed by atoms with Crippen LogP contribution in [-0.2, 0) is 14.3 Å². The molecule has 0 N–H and O–H groups in total. The maximum absolute atomic E-state index is 12.3. The highest BCUT2D eigenvalue weighted by Crippen LogP contribution is 2.28. The third kappa shape index (κ3) is 4.39. The van der Waals surface area contributed by atoms with Crippen LogP contribution in [0.15, 0.2) is 0 Å². The molecular formula is C15H27NO4. The van der Waals surface area contributed by atoms with Crippen molar-refractivity contribution in [2.24, 2.45) is 5.92 Å². The number of rotatable bonds is 3. The molecule has 1 amide bonds. The molecule has 5 nitrogen and oxygen atoms in total. The van der Waals surface area contributed by atoms with E-state index < -0.39 is 5.60 Å². The van der Waals surface area contributed by atoms with Crippen molar-refractivity contribution in [1.82, 2.24) is 4.90 Å². The van der Waals surface area contributed by atoms with Gasteiger partial charge in [-0.15, -0.1) is 0 Å². The van der Waals surface area contributed by atoms with Gasteiger partial charge in [0.15, 0.2) is 0 Å². The Labute approximate surface area is 121 Å². The van der Waals surface area contributed by atoms with Gasteiger partial charge in [0.05, 0.1) is 12.5 Å². The molecule has 1 heterocycles. The van der Waals surface area contributed by atoms with E-state index in [0.717, 1.165) is 19.3 Å². The van der Waals surface area contributed by atoms with Gasteiger partial charge in [-0.2, -0.15) is 0 Å². The number of piperidine rings is 1. The van der Waals surface area contributed by atoms with Crippen molar-refractivity contribution >= 4 is 12.1 Å². The zero-order valence-corrected chi connectivity index (χ0v) is 13.3. The molecule has 0 aliphatic carbocycles. The van der Waals surface area contributed by atoms with Gasteiger partial charge in [-0.3, -0.25) is 4.79 Å². The summed E-state index contributed by atoms with van der Waals surface area (Å²) in [7, 11) is 0. The summed E-state index contributed by atoms with van der Waals surface area (Å²) in [5, 5.41) is 0. The Morgan fingerprint density at radius 2 is 1.90 bits per heavy atom. The first-order valence-corrected chi connectivity index (χ1v) is 7.46. The maximum Gasteiger partial charge on any atom is 0.410 e. The van der Waals surface area contributed by atoms with E-state index in [1.54, 1.807) is 11.8 Å². The van der Waals surface area contributed by atoms with Crippen LogP contribution in [-0.4, -0.2) is 41.8 Å². The van der Waals surface area contributed by atoms with Crippen LogP contribution in [0.1, 0.15) is 53.9 Å². The van der Waals surface area contributed by atoms with Crippen molar-refractivity contribution in [2.75, 3.05) is 13.2 Å². The molecule has 1 saturated heterocycles. The summed E-state index contributed by atoms with van der Waals surface area (Å²) in [4.78, 5) is 26.0. The largest absolute Gasteiger partial charge is 0.466 e. The van der Waals surface area contributed by atoms with E-state index >= 15 is 0 Å². The minimum atomic E-state index is -0.522. The Hall–Kier alpha value is -1.26. The summed E-state index contributed by atoms with van der Waals surface area (Å²) in [5.41, 5.74) is -0.522. The Bertz CT molecular complexity index is 348. The van der Waals surface area contributed by atoms with Gasteiger partial charge in [0.1, 0.15) is 5.60 Å². The minimum absolute atomic E-state index is 0.127. The van der Waals surface area contributed by atoms with Crippen molar-refractivity contribution in [3.05, 3.63) is 0 Å². The number of hydrogen-bond acceptors (Lipinski definition) is 4. The Balaban J connectivity index is 2.80. The molecule has 0 aromatic rings.